The van der Waals surface area contributed by atoms with Crippen LogP contribution in [-0.2, 0) is 19.7 Å². The van der Waals surface area contributed by atoms with Crippen LogP contribution in [0.2, 0.25) is 0 Å². The van der Waals surface area contributed by atoms with Crippen molar-refractivity contribution in [3.63, 3.8) is 0 Å². The van der Waals surface area contributed by atoms with Gasteiger partial charge in [0, 0.05) is 19.0 Å². The number of amides is 2. The zero-order valence-electron chi connectivity index (χ0n) is 13.2. The van der Waals surface area contributed by atoms with Gasteiger partial charge in [0.1, 0.15) is 6.04 Å². The number of hydrogen-bond acceptors (Lipinski definition) is 5. The maximum Gasteiger partial charge on any atom is 0.266 e. The zero-order chi connectivity index (χ0) is 17.2. The molecule has 5 N–H and O–H groups in total. The number of hydrogen-bond donors (Lipinski definition) is 4. The van der Waals surface area contributed by atoms with E-state index in [1.54, 1.807) is 0 Å². The minimum absolute atomic E-state index is 0.0399. The summed E-state index contributed by atoms with van der Waals surface area (Å²) in [5.74, 6) is -1.34. The van der Waals surface area contributed by atoms with Crippen molar-refractivity contribution in [3.8, 4) is 0 Å². The highest BCUT2D eigenvalue weighted by Crippen LogP contribution is 2.06. The van der Waals surface area contributed by atoms with Crippen LogP contribution < -0.4 is 16.4 Å². The highest BCUT2D eigenvalue weighted by Gasteiger charge is 2.19. The molecule has 0 aliphatic carbocycles. The Balaban J connectivity index is 3.77. The Kier molecular flexibility index (Phi) is 9.95. The topological polar surface area (TPSA) is 139 Å². The molecule has 22 heavy (non-hydrogen) atoms. The van der Waals surface area contributed by atoms with E-state index >= 15 is 0 Å². The summed E-state index contributed by atoms with van der Waals surface area (Å²) in [5.41, 5.74) is 5.34. The number of unbranched alkanes of at least 4 members (excludes halogenated alkanes) is 1. The van der Waals surface area contributed by atoms with Gasteiger partial charge in [0.15, 0.2) is 0 Å². The van der Waals surface area contributed by atoms with Crippen molar-refractivity contribution in [1.82, 2.24) is 10.6 Å². The Morgan fingerprint density at radius 3 is 1.91 bits per heavy atom. The molecule has 1 atom stereocenters. The normalized spacial score (nSPS) is 13.0. The summed E-state index contributed by atoms with van der Waals surface area (Å²) in [7, 11) is -4.26. The summed E-state index contributed by atoms with van der Waals surface area (Å²) in [5, 5.41) is 5.32. The first kappa shape index (κ1) is 20.8. The monoisotopic (exact) mass is 337 g/mol. The molecule has 1 unspecified atom stereocenters. The van der Waals surface area contributed by atoms with Gasteiger partial charge in [0.05, 0.1) is 5.75 Å². The average molecular weight is 337 g/mol. The van der Waals surface area contributed by atoms with Crippen LogP contribution in [0.15, 0.2) is 0 Å². The maximum absolute atomic E-state index is 11.7. The Hall–Kier alpha value is -1.19. The van der Waals surface area contributed by atoms with Gasteiger partial charge in [0.25, 0.3) is 10.1 Å². The predicted octanol–water partition coefficient (Wildman–Crippen LogP) is -0.350. The molecule has 0 spiro atoms. The van der Waals surface area contributed by atoms with E-state index in [9.17, 15) is 18.0 Å². The standard InChI is InChI=1S/C13H27N3O5S/c1-3-10(4-2)12(17)15-7-5-6-8-16-13(18)11(14)9-22(19,20)21/h10-11H,3-9,14H2,1-2H3,(H,15,17)(H,16,18)(H,19,20,21). The van der Waals surface area contributed by atoms with E-state index in [-0.39, 0.29) is 11.8 Å². The van der Waals surface area contributed by atoms with Gasteiger partial charge in [-0.2, -0.15) is 8.42 Å². The minimum Gasteiger partial charge on any atom is -0.356 e. The molecule has 0 saturated heterocycles. The summed E-state index contributed by atoms with van der Waals surface area (Å²) in [6, 6.07) is -1.29. The fraction of sp³-hybridized carbons (Fsp3) is 0.846. The molecule has 0 radical (unpaired) electrons. The Morgan fingerprint density at radius 1 is 1.05 bits per heavy atom. The second-order valence-corrected chi connectivity index (χ2v) is 6.65. The third-order valence-electron chi connectivity index (χ3n) is 3.29. The lowest BCUT2D eigenvalue weighted by Gasteiger charge is -2.13. The second-order valence-electron chi connectivity index (χ2n) is 5.16. The van der Waals surface area contributed by atoms with Crippen molar-refractivity contribution in [3.05, 3.63) is 0 Å². The van der Waals surface area contributed by atoms with E-state index in [4.69, 9.17) is 10.3 Å². The minimum atomic E-state index is -4.26. The van der Waals surface area contributed by atoms with E-state index in [0.717, 1.165) is 12.8 Å². The lowest BCUT2D eigenvalue weighted by atomic mass is 10.0. The molecular weight excluding hydrogens is 310 g/mol. The van der Waals surface area contributed by atoms with Crippen LogP contribution in [0.3, 0.4) is 0 Å². The quantitative estimate of drug-likeness (QED) is 0.300. The number of nitrogens with two attached hydrogens (primary N) is 1. The van der Waals surface area contributed by atoms with E-state index in [2.05, 4.69) is 10.6 Å². The van der Waals surface area contributed by atoms with Crippen LogP contribution in [0.5, 0.6) is 0 Å². The van der Waals surface area contributed by atoms with Gasteiger partial charge in [-0.25, -0.2) is 0 Å². The van der Waals surface area contributed by atoms with Gasteiger partial charge in [-0.1, -0.05) is 13.8 Å². The first-order chi connectivity index (χ1) is 10.2. The zero-order valence-corrected chi connectivity index (χ0v) is 14.0. The molecule has 0 aliphatic heterocycles. The lowest BCUT2D eigenvalue weighted by molar-refractivity contribution is -0.125. The third-order valence-corrected chi connectivity index (χ3v) is 4.07. The van der Waals surface area contributed by atoms with Crippen molar-refractivity contribution in [1.29, 1.82) is 0 Å². The second kappa shape index (κ2) is 10.5. The Bertz CT molecular complexity index is 449. The molecule has 0 aliphatic rings. The number of carbonyl (C=O) groups excluding carboxylic acids is 2. The van der Waals surface area contributed by atoms with Gasteiger partial charge in [0.2, 0.25) is 11.8 Å². The van der Waals surface area contributed by atoms with Crippen LogP contribution >= 0.6 is 0 Å². The van der Waals surface area contributed by atoms with Crippen molar-refractivity contribution in [2.45, 2.75) is 45.6 Å². The highest BCUT2D eigenvalue weighted by atomic mass is 32.2. The van der Waals surface area contributed by atoms with E-state index in [0.29, 0.717) is 25.9 Å². The van der Waals surface area contributed by atoms with Gasteiger partial charge in [-0.05, 0) is 25.7 Å². The van der Waals surface area contributed by atoms with Gasteiger partial charge < -0.3 is 16.4 Å². The lowest BCUT2D eigenvalue weighted by Crippen LogP contribution is -2.45. The molecule has 0 saturated carbocycles. The fourth-order valence-electron chi connectivity index (χ4n) is 1.91. The van der Waals surface area contributed by atoms with Crippen molar-refractivity contribution in [2.75, 3.05) is 18.8 Å². The maximum atomic E-state index is 11.7. The summed E-state index contributed by atoms with van der Waals surface area (Å²) in [6.45, 7) is 4.80. The SMILES string of the molecule is CCC(CC)C(=O)NCCCCNC(=O)C(N)CS(=O)(=O)O. The van der Waals surface area contributed by atoms with Crippen LogP contribution in [0.25, 0.3) is 0 Å². The predicted molar refractivity (Wildman–Crippen MR) is 83.7 cm³/mol. The molecule has 0 rings (SSSR count). The number of carbonyl (C=O) groups is 2. The first-order valence-corrected chi connectivity index (χ1v) is 9.08. The molecule has 2 amide bonds. The molecule has 0 aromatic carbocycles. The summed E-state index contributed by atoms with van der Waals surface area (Å²) < 4.78 is 29.8. The Labute approximate surface area is 132 Å². The summed E-state index contributed by atoms with van der Waals surface area (Å²) >= 11 is 0. The van der Waals surface area contributed by atoms with Crippen LogP contribution in [-0.4, -0.2) is 49.7 Å². The Morgan fingerprint density at radius 2 is 1.50 bits per heavy atom. The van der Waals surface area contributed by atoms with Crippen molar-refractivity contribution >= 4 is 21.9 Å². The average Bonchev–Trinajstić information content (AvgIpc) is 2.41. The van der Waals surface area contributed by atoms with E-state index < -0.39 is 27.8 Å². The molecule has 0 aromatic rings. The highest BCUT2D eigenvalue weighted by molar-refractivity contribution is 7.85. The molecule has 130 valence electrons. The van der Waals surface area contributed by atoms with E-state index in [1.165, 1.54) is 0 Å². The van der Waals surface area contributed by atoms with Crippen LogP contribution in [0.4, 0.5) is 0 Å². The van der Waals surface area contributed by atoms with E-state index in [1.807, 2.05) is 13.8 Å². The fourth-order valence-corrected chi connectivity index (χ4v) is 2.52. The molecule has 8 nitrogen and oxygen atoms in total. The largest absolute Gasteiger partial charge is 0.356 e. The molecule has 0 heterocycles. The third kappa shape index (κ3) is 9.69. The smallest absolute Gasteiger partial charge is 0.266 e. The van der Waals surface area contributed by atoms with Crippen molar-refractivity contribution in [2.24, 2.45) is 11.7 Å². The first-order valence-electron chi connectivity index (χ1n) is 7.47. The molecule has 0 bridgehead atoms. The number of nitrogens with one attached hydrogen (secondary N) is 2. The summed E-state index contributed by atoms with van der Waals surface area (Å²) in [6.07, 6.45) is 2.95. The van der Waals surface area contributed by atoms with Gasteiger partial charge >= 0.3 is 0 Å². The molecule has 9 heteroatoms. The van der Waals surface area contributed by atoms with Crippen molar-refractivity contribution < 1.29 is 22.6 Å². The molecular formula is C13H27N3O5S. The summed E-state index contributed by atoms with van der Waals surface area (Å²) in [4.78, 5) is 23.1. The van der Waals surface area contributed by atoms with Gasteiger partial charge in [-0.15, -0.1) is 0 Å². The molecule has 0 aromatic heterocycles. The number of rotatable bonds is 11. The molecule has 0 fully saturated rings. The van der Waals surface area contributed by atoms with Gasteiger partial charge in [-0.3, -0.25) is 14.1 Å². The van der Waals surface area contributed by atoms with Crippen LogP contribution in [0, 0.1) is 5.92 Å². The van der Waals surface area contributed by atoms with Crippen LogP contribution in [0.1, 0.15) is 39.5 Å².